The molecule has 9 atom stereocenters. The van der Waals surface area contributed by atoms with E-state index in [9.17, 15) is 0 Å². The first-order valence-corrected chi connectivity index (χ1v) is 18.0. The van der Waals surface area contributed by atoms with Gasteiger partial charge in [-0.1, -0.05) is 53.9 Å². The molecule has 4 rings (SSSR count). The van der Waals surface area contributed by atoms with E-state index >= 15 is 0 Å². The smallest absolute Gasteiger partial charge is 0.184 e. The van der Waals surface area contributed by atoms with Crippen LogP contribution in [0.25, 0.3) is 0 Å². The first-order valence-electron chi connectivity index (χ1n) is 14.6. The summed E-state index contributed by atoms with van der Waals surface area (Å²) in [5, 5.41) is 0. The van der Waals surface area contributed by atoms with Crippen LogP contribution in [-0.4, -0.2) is 14.4 Å². The van der Waals surface area contributed by atoms with Gasteiger partial charge in [-0.15, -0.1) is 0 Å². The predicted molar refractivity (Wildman–Crippen MR) is 141 cm³/mol. The summed E-state index contributed by atoms with van der Waals surface area (Å²) in [4.78, 5) is 0. The van der Waals surface area contributed by atoms with Crippen LogP contribution >= 0.6 is 0 Å². The summed E-state index contributed by atoms with van der Waals surface area (Å²) in [5.41, 5.74) is 1.24. The fourth-order valence-corrected chi connectivity index (χ4v) is 11.1. The van der Waals surface area contributed by atoms with E-state index in [2.05, 4.69) is 54.3 Å². The van der Waals surface area contributed by atoms with E-state index in [1.165, 1.54) is 70.6 Å². The lowest BCUT2D eigenvalue weighted by molar-refractivity contribution is -0.127. The summed E-state index contributed by atoms with van der Waals surface area (Å²) in [6.07, 6.45) is 18.2. The highest BCUT2D eigenvalue weighted by molar-refractivity contribution is 6.69. The van der Waals surface area contributed by atoms with E-state index in [0.717, 1.165) is 41.4 Å². The minimum atomic E-state index is -1.42. The lowest BCUT2D eigenvalue weighted by atomic mass is 9.44. The molecular formula is C30H56OSi. The van der Waals surface area contributed by atoms with E-state index in [1.807, 2.05) is 0 Å². The van der Waals surface area contributed by atoms with E-state index in [1.54, 1.807) is 6.42 Å². The average molecular weight is 461 g/mol. The van der Waals surface area contributed by atoms with Crippen LogP contribution in [0.15, 0.2) is 0 Å². The van der Waals surface area contributed by atoms with Crippen molar-refractivity contribution in [2.75, 3.05) is 0 Å². The Morgan fingerprint density at radius 2 is 1.50 bits per heavy atom. The molecule has 4 aliphatic rings. The van der Waals surface area contributed by atoms with Gasteiger partial charge in [-0.05, 0) is 130 Å². The van der Waals surface area contributed by atoms with Crippen LogP contribution in [0.3, 0.4) is 0 Å². The maximum absolute atomic E-state index is 6.62. The minimum absolute atomic E-state index is 0.563. The Hall–Kier alpha value is 0.177. The lowest BCUT2D eigenvalue weighted by Gasteiger charge is -2.61. The molecule has 0 aliphatic heterocycles. The van der Waals surface area contributed by atoms with Gasteiger partial charge in [0.2, 0.25) is 0 Å². The van der Waals surface area contributed by atoms with Gasteiger partial charge in [-0.3, -0.25) is 0 Å². The third-order valence-corrected chi connectivity index (χ3v) is 12.4. The fourth-order valence-electron chi connectivity index (χ4n) is 9.85. The van der Waals surface area contributed by atoms with Crippen LogP contribution in [0.1, 0.15) is 112 Å². The van der Waals surface area contributed by atoms with Gasteiger partial charge in [0, 0.05) is 6.10 Å². The Kier molecular flexibility index (Phi) is 7.37. The molecule has 0 bridgehead atoms. The van der Waals surface area contributed by atoms with Crippen molar-refractivity contribution in [1.82, 2.24) is 0 Å². The van der Waals surface area contributed by atoms with Crippen molar-refractivity contribution in [3.05, 3.63) is 0 Å². The summed E-state index contributed by atoms with van der Waals surface area (Å²) in [6.45, 7) is 20.0. The zero-order valence-corrected chi connectivity index (χ0v) is 24.0. The molecule has 4 aliphatic carbocycles. The zero-order chi connectivity index (χ0) is 23.3. The minimum Gasteiger partial charge on any atom is -0.415 e. The highest BCUT2D eigenvalue weighted by atomic mass is 28.4. The Morgan fingerprint density at radius 1 is 0.812 bits per heavy atom. The second-order valence-electron chi connectivity index (χ2n) is 14.8. The molecule has 0 saturated heterocycles. The molecule has 0 N–H and O–H groups in total. The molecule has 0 spiro atoms. The van der Waals surface area contributed by atoms with Crippen molar-refractivity contribution >= 4 is 8.32 Å². The standard InChI is InChI=1S/C30H56OSi/c1-21(2)10-9-11-22(3)26-14-15-27-25-13-12-23-20-24(31-32(6,7)8)16-18-29(23,4)28(25)17-19-30(26,27)5/h21-28H,9-20H2,1-8H3/t22?,23?,24-,25?,26+,27?,28?,29-,30+/m0/s1. The maximum atomic E-state index is 6.62. The quantitative estimate of drug-likeness (QED) is 0.344. The number of hydrogen-bond donors (Lipinski definition) is 0. The first-order chi connectivity index (χ1) is 14.9. The van der Waals surface area contributed by atoms with Crippen LogP contribution in [-0.2, 0) is 4.43 Å². The van der Waals surface area contributed by atoms with E-state index in [0.29, 0.717) is 16.9 Å². The van der Waals surface area contributed by atoms with Gasteiger partial charge < -0.3 is 4.43 Å². The van der Waals surface area contributed by atoms with Crippen molar-refractivity contribution in [2.45, 2.75) is 137 Å². The SMILES string of the molecule is CC(C)CCCC(C)[C@H]1CCC2C3CCC4C[C@@H](O[Si](C)(C)C)CC[C@]4(C)C3CC[C@@]21C. The Morgan fingerprint density at radius 3 is 2.19 bits per heavy atom. The topological polar surface area (TPSA) is 9.23 Å². The molecule has 0 amide bonds. The molecule has 0 aromatic heterocycles. The number of rotatable bonds is 7. The molecule has 2 heteroatoms. The average Bonchev–Trinajstić information content (AvgIpc) is 3.04. The van der Waals surface area contributed by atoms with Crippen LogP contribution in [0.5, 0.6) is 0 Å². The van der Waals surface area contributed by atoms with Crippen molar-refractivity contribution in [3.8, 4) is 0 Å². The van der Waals surface area contributed by atoms with Crippen LogP contribution in [0, 0.1) is 52.3 Å². The summed E-state index contributed by atoms with van der Waals surface area (Å²) >= 11 is 0. The van der Waals surface area contributed by atoms with Gasteiger partial charge >= 0.3 is 0 Å². The molecule has 4 saturated carbocycles. The molecular weight excluding hydrogens is 404 g/mol. The second-order valence-corrected chi connectivity index (χ2v) is 19.3. The van der Waals surface area contributed by atoms with Crippen molar-refractivity contribution in [3.63, 3.8) is 0 Å². The van der Waals surface area contributed by atoms with Gasteiger partial charge in [0.1, 0.15) is 0 Å². The number of fused-ring (bicyclic) bond motifs is 5. The fraction of sp³-hybridized carbons (Fsp3) is 1.00. The van der Waals surface area contributed by atoms with Gasteiger partial charge in [0.05, 0.1) is 0 Å². The predicted octanol–water partition coefficient (Wildman–Crippen LogP) is 9.33. The molecule has 5 unspecified atom stereocenters. The van der Waals surface area contributed by atoms with Crippen LogP contribution in [0.4, 0.5) is 0 Å². The van der Waals surface area contributed by atoms with Crippen molar-refractivity contribution < 1.29 is 4.43 Å². The molecule has 186 valence electrons. The Bertz CT molecular complexity index is 637. The molecule has 0 radical (unpaired) electrons. The van der Waals surface area contributed by atoms with Gasteiger partial charge in [0.25, 0.3) is 0 Å². The monoisotopic (exact) mass is 460 g/mol. The second kappa shape index (κ2) is 9.33. The summed E-state index contributed by atoms with van der Waals surface area (Å²) in [5.74, 6) is 6.77. The Labute approximate surface area is 202 Å². The van der Waals surface area contributed by atoms with Gasteiger partial charge in [0.15, 0.2) is 8.32 Å². The largest absolute Gasteiger partial charge is 0.415 e. The van der Waals surface area contributed by atoms with Gasteiger partial charge in [-0.2, -0.15) is 0 Å². The van der Waals surface area contributed by atoms with E-state index in [-0.39, 0.29) is 0 Å². The molecule has 0 aromatic carbocycles. The van der Waals surface area contributed by atoms with E-state index in [4.69, 9.17) is 4.43 Å². The van der Waals surface area contributed by atoms with Crippen LogP contribution < -0.4 is 0 Å². The van der Waals surface area contributed by atoms with Gasteiger partial charge in [-0.25, -0.2) is 0 Å². The van der Waals surface area contributed by atoms with Crippen LogP contribution in [0.2, 0.25) is 19.6 Å². The lowest BCUT2D eigenvalue weighted by Crippen LogP contribution is -2.54. The zero-order valence-electron chi connectivity index (χ0n) is 23.0. The van der Waals surface area contributed by atoms with Crippen molar-refractivity contribution in [2.24, 2.45) is 52.3 Å². The molecule has 0 heterocycles. The van der Waals surface area contributed by atoms with Crippen molar-refractivity contribution in [1.29, 1.82) is 0 Å². The summed E-state index contributed by atoms with van der Waals surface area (Å²) in [7, 11) is -1.42. The number of hydrogen-bond acceptors (Lipinski definition) is 1. The molecule has 4 fully saturated rings. The summed E-state index contributed by atoms with van der Waals surface area (Å²) in [6, 6.07) is 0. The maximum Gasteiger partial charge on any atom is 0.184 e. The highest BCUT2D eigenvalue weighted by Crippen LogP contribution is 2.68. The normalized spacial score (nSPS) is 45.3. The van der Waals surface area contributed by atoms with E-state index < -0.39 is 8.32 Å². The Balaban J connectivity index is 1.42. The summed E-state index contributed by atoms with van der Waals surface area (Å²) < 4.78 is 6.62. The molecule has 32 heavy (non-hydrogen) atoms. The third kappa shape index (κ3) is 4.80. The third-order valence-electron chi connectivity index (χ3n) is 11.3. The first kappa shape index (κ1) is 25.3. The molecule has 1 nitrogen and oxygen atoms in total. The molecule has 0 aromatic rings. The highest BCUT2D eigenvalue weighted by Gasteiger charge is 2.60.